The van der Waals surface area contributed by atoms with E-state index in [1.54, 1.807) is 17.6 Å². The Labute approximate surface area is 210 Å². The Balaban J connectivity index is 0.00000342. The molecule has 198 valence electrons. The highest BCUT2D eigenvalue weighted by Gasteiger charge is 2.57. The molecule has 7 nitrogen and oxygen atoms in total. The van der Waals surface area contributed by atoms with Gasteiger partial charge in [-0.05, 0) is 55.6 Å². The molecule has 0 radical (unpaired) electrons. The number of carbonyl (C=O) groups is 1. The molecular weight excluding hydrogens is 507 g/mol. The number of sulfonamides is 1. The van der Waals surface area contributed by atoms with E-state index in [-0.39, 0.29) is 62.5 Å². The third-order valence-corrected chi connectivity index (χ3v) is 9.95. The summed E-state index contributed by atoms with van der Waals surface area (Å²) in [6.45, 7) is 0.473. The Kier molecular flexibility index (Phi) is 8.77. The molecule has 1 aromatic rings. The predicted molar refractivity (Wildman–Crippen MR) is 126 cm³/mol. The molecule has 3 fully saturated rings. The Hall–Kier alpha value is -1.43. The van der Waals surface area contributed by atoms with Crippen molar-refractivity contribution in [3.8, 4) is 0 Å². The fourth-order valence-corrected chi connectivity index (χ4v) is 7.38. The molecule has 1 saturated heterocycles. The lowest BCUT2D eigenvalue weighted by molar-refractivity contribution is -0.134. The van der Waals surface area contributed by atoms with Gasteiger partial charge in [0.25, 0.3) is 5.91 Å². The maximum absolute atomic E-state index is 13.8. The summed E-state index contributed by atoms with van der Waals surface area (Å²) in [4.78, 5) is 17.2. The van der Waals surface area contributed by atoms with Crippen molar-refractivity contribution >= 4 is 28.3 Å². The zero-order valence-corrected chi connectivity index (χ0v) is 21.1. The number of nitrogens with one attached hydrogen (secondary N) is 1. The number of aromatic nitrogens is 1. The summed E-state index contributed by atoms with van der Waals surface area (Å²) < 4.78 is 64.7. The van der Waals surface area contributed by atoms with Crippen LogP contribution in [-0.2, 0) is 21.2 Å². The van der Waals surface area contributed by atoms with Gasteiger partial charge in [-0.25, -0.2) is 18.2 Å². The van der Waals surface area contributed by atoms with Crippen LogP contribution in [0.2, 0.25) is 0 Å². The van der Waals surface area contributed by atoms with Crippen LogP contribution in [-0.4, -0.2) is 52.8 Å². The van der Waals surface area contributed by atoms with Crippen molar-refractivity contribution in [2.24, 2.45) is 11.8 Å². The van der Waals surface area contributed by atoms with Crippen LogP contribution >= 0.6 is 12.4 Å². The number of nitrogens with zero attached hydrogens (tertiary/aromatic N) is 2. The number of carbonyl (C=O) groups excluding carboxylic acids is 1. The van der Waals surface area contributed by atoms with Gasteiger partial charge in [-0.2, -0.15) is 13.2 Å². The monoisotopic (exact) mass is 539 g/mol. The van der Waals surface area contributed by atoms with Crippen LogP contribution < -0.4 is 5.48 Å². The van der Waals surface area contributed by atoms with Gasteiger partial charge in [-0.15, -0.1) is 12.4 Å². The van der Waals surface area contributed by atoms with Crippen molar-refractivity contribution in [1.29, 1.82) is 0 Å². The van der Waals surface area contributed by atoms with E-state index in [4.69, 9.17) is 0 Å². The van der Waals surface area contributed by atoms with Gasteiger partial charge in [0, 0.05) is 37.3 Å². The molecule has 2 saturated carbocycles. The second-order valence-corrected chi connectivity index (χ2v) is 12.4. The topological polar surface area (TPSA) is 99.6 Å². The van der Waals surface area contributed by atoms with E-state index in [1.165, 1.54) is 10.5 Å². The van der Waals surface area contributed by atoms with Gasteiger partial charge in [-0.3, -0.25) is 15.0 Å². The third-order valence-electron chi connectivity index (χ3n) is 7.40. The largest absolute Gasteiger partial charge is 0.389 e. The van der Waals surface area contributed by atoms with E-state index < -0.39 is 33.3 Å². The lowest BCUT2D eigenvalue weighted by Crippen LogP contribution is -2.58. The fraction of sp³-hybridized carbons (Fsp3) is 0.739. The van der Waals surface area contributed by atoms with Crippen LogP contribution in [0, 0.1) is 11.8 Å². The highest BCUT2D eigenvalue weighted by molar-refractivity contribution is 7.91. The highest BCUT2D eigenvalue weighted by atomic mass is 35.5. The van der Waals surface area contributed by atoms with Gasteiger partial charge < -0.3 is 0 Å². The molecule has 1 amide bonds. The van der Waals surface area contributed by atoms with E-state index >= 15 is 0 Å². The average Bonchev–Trinajstić information content (AvgIpc) is 3.74. The first-order chi connectivity index (χ1) is 16.0. The van der Waals surface area contributed by atoms with Gasteiger partial charge >= 0.3 is 6.18 Å². The first kappa shape index (κ1) is 28.1. The summed E-state index contributed by atoms with van der Waals surface area (Å²) in [6.07, 6.45) is 1.32. The Morgan fingerprint density at radius 1 is 1.06 bits per heavy atom. The number of rotatable bonds is 10. The van der Waals surface area contributed by atoms with Crippen LogP contribution in [0.5, 0.6) is 0 Å². The van der Waals surface area contributed by atoms with Crippen LogP contribution in [0.3, 0.4) is 0 Å². The minimum absolute atomic E-state index is 0. The summed E-state index contributed by atoms with van der Waals surface area (Å²) in [5, 5.41) is 9.44. The van der Waals surface area contributed by atoms with Gasteiger partial charge in [0.1, 0.15) is 0 Å². The summed E-state index contributed by atoms with van der Waals surface area (Å²) in [5.74, 6) is -0.465. The summed E-state index contributed by atoms with van der Waals surface area (Å²) >= 11 is 0. The second kappa shape index (κ2) is 10.9. The zero-order valence-electron chi connectivity index (χ0n) is 19.5. The van der Waals surface area contributed by atoms with Crippen LogP contribution in [0.25, 0.3) is 0 Å². The van der Waals surface area contributed by atoms with E-state index in [2.05, 4.69) is 4.98 Å². The predicted octanol–water partition coefficient (Wildman–Crippen LogP) is 4.35. The lowest BCUT2D eigenvalue weighted by atomic mass is 9.93. The van der Waals surface area contributed by atoms with Crippen molar-refractivity contribution in [2.45, 2.75) is 81.0 Å². The summed E-state index contributed by atoms with van der Waals surface area (Å²) in [7, 11) is -4.01. The molecule has 2 aliphatic carbocycles. The maximum atomic E-state index is 13.8. The summed E-state index contributed by atoms with van der Waals surface area (Å²) in [6, 6.07) is 3.38. The number of hydroxylamine groups is 1. The number of hydrogen-bond acceptors (Lipinski definition) is 5. The number of piperidine rings is 1. The molecule has 0 atom stereocenters. The standard InChI is InChI=1S/C23H32F3N3O4S.ClH/c24-23(25,26)10-7-18-5-6-20(27-15-18)19-8-11-29(12-9-19)34(32,33)22(21(30)28-31,13-16-1-2-16)14-17-3-4-17;/h5-6,15-17,19,31H,1-4,7-14H2,(H,28,30);1H. The molecule has 2 N–H and O–H groups in total. The highest BCUT2D eigenvalue weighted by Crippen LogP contribution is 2.48. The molecule has 0 unspecified atom stereocenters. The van der Waals surface area contributed by atoms with E-state index in [9.17, 15) is 31.6 Å². The average molecular weight is 540 g/mol. The number of aryl methyl sites for hydroxylation is 1. The van der Waals surface area contributed by atoms with Crippen LogP contribution in [0.1, 0.15) is 75.0 Å². The van der Waals surface area contributed by atoms with Gasteiger partial charge in [0.05, 0.1) is 0 Å². The minimum atomic E-state index is -4.21. The number of halogens is 4. The van der Waals surface area contributed by atoms with Crippen molar-refractivity contribution in [1.82, 2.24) is 14.8 Å². The molecule has 0 bridgehead atoms. The maximum Gasteiger partial charge on any atom is 0.389 e. The van der Waals surface area contributed by atoms with E-state index in [1.807, 2.05) is 0 Å². The molecule has 0 spiro atoms. The van der Waals surface area contributed by atoms with Crippen LogP contribution in [0.15, 0.2) is 18.3 Å². The van der Waals surface area contributed by atoms with E-state index in [0.717, 1.165) is 31.4 Å². The van der Waals surface area contributed by atoms with Gasteiger partial charge in [-0.1, -0.05) is 31.7 Å². The molecule has 2 heterocycles. The van der Waals surface area contributed by atoms with Gasteiger partial charge in [0.15, 0.2) is 4.75 Å². The first-order valence-corrected chi connectivity index (χ1v) is 13.4. The van der Waals surface area contributed by atoms with Crippen molar-refractivity contribution < 1.29 is 31.6 Å². The zero-order chi connectivity index (χ0) is 24.6. The molecular formula is C23H33ClF3N3O4S. The van der Waals surface area contributed by atoms with E-state index in [0.29, 0.717) is 18.4 Å². The number of alkyl halides is 3. The number of hydrogen-bond donors (Lipinski definition) is 2. The molecule has 3 aliphatic rings. The number of amides is 1. The van der Waals surface area contributed by atoms with Crippen LogP contribution in [0.4, 0.5) is 13.2 Å². The van der Waals surface area contributed by atoms with Crippen molar-refractivity contribution in [3.63, 3.8) is 0 Å². The first-order valence-electron chi connectivity index (χ1n) is 12.0. The number of pyridine rings is 1. The Morgan fingerprint density at radius 2 is 1.63 bits per heavy atom. The van der Waals surface area contributed by atoms with Gasteiger partial charge in [0.2, 0.25) is 10.0 Å². The normalized spacial score (nSPS) is 20.3. The summed E-state index contributed by atoms with van der Waals surface area (Å²) in [5.41, 5.74) is 2.91. The smallest absolute Gasteiger partial charge is 0.289 e. The quantitative estimate of drug-likeness (QED) is 0.340. The molecule has 0 aromatic carbocycles. The second-order valence-electron chi connectivity index (χ2n) is 10.1. The SMILES string of the molecule is Cl.O=C(NO)C(CC1CC1)(CC1CC1)S(=O)(=O)N1CCC(c2ccc(CCC(F)(F)F)cn2)CC1. The molecule has 4 rings (SSSR count). The van der Waals surface area contributed by atoms with Crippen molar-refractivity contribution in [3.05, 3.63) is 29.6 Å². The third kappa shape index (κ3) is 6.67. The minimum Gasteiger partial charge on any atom is -0.289 e. The molecule has 35 heavy (non-hydrogen) atoms. The molecule has 12 heteroatoms. The molecule has 1 aliphatic heterocycles. The fourth-order valence-electron chi connectivity index (χ4n) is 5.03. The Morgan fingerprint density at radius 3 is 2.06 bits per heavy atom. The van der Waals surface area contributed by atoms with Crippen molar-refractivity contribution in [2.75, 3.05) is 13.1 Å². The Bertz CT molecular complexity index is 961. The lowest BCUT2D eigenvalue weighted by Gasteiger charge is -2.39. The molecule has 1 aromatic heterocycles.